The summed E-state index contributed by atoms with van der Waals surface area (Å²) in [6.45, 7) is -0.0442. The fraction of sp³-hybridized carbons (Fsp3) is 0.176. The zero-order valence-electron chi connectivity index (χ0n) is 11.3. The number of thioether (sulfide) groups is 1. The van der Waals surface area contributed by atoms with Crippen molar-refractivity contribution in [3.05, 3.63) is 65.2 Å². The summed E-state index contributed by atoms with van der Waals surface area (Å²) in [4.78, 5) is 0.565. The molecule has 2 aromatic carbocycles. The maximum absolute atomic E-state index is 13.6. The van der Waals surface area contributed by atoms with Crippen LogP contribution in [0.2, 0.25) is 0 Å². The van der Waals surface area contributed by atoms with E-state index in [4.69, 9.17) is 5.11 Å². The maximum Gasteiger partial charge on any atom is 0.138 e. The molecule has 0 saturated carbocycles. The van der Waals surface area contributed by atoms with Crippen LogP contribution in [0.3, 0.4) is 0 Å². The molecule has 4 heteroatoms. The lowest BCUT2D eigenvalue weighted by Crippen LogP contribution is -1.89. The van der Waals surface area contributed by atoms with Crippen molar-refractivity contribution in [1.29, 1.82) is 0 Å². The maximum atomic E-state index is 13.6. The lowest BCUT2D eigenvalue weighted by atomic mass is 10.1. The number of aliphatic hydroxyl groups excluding tert-OH is 1. The highest BCUT2D eigenvalue weighted by atomic mass is 32.2. The largest absolute Gasteiger partial charge is 0.395 e. The highest BCUT2D eigenvalue weighted by Crippen LogP contribution is 2.25. The van der Waals surface area contributed by atoms with E-state index >= 15 is 0 Å². The van der Waals surface area contributed by atoms with Crippen LogP contribution in [0.4, 0.5) is 8.78 Å². The zero-order chi connectivity index (χ0) is 15.1. The molecule has 0 radical (unpaired) electrons. The number of hydrogen-bond donors (Lipinski definition) is 1. The lowest BCUT2D eigenvalue weighted by Gasteiger charge is -2.04. The molecule has 0 aromatic heterocycles. The molecule has 2 aromatic rings. The Morgan fingerprint density at radius 2 is 1.86 bits per heavy atom. The fourth-order valence-corrected chi connectivity index (χ4v) is 2.58. The van der Waals surface area contributed by atoms with Crippen LogP contribution in [0.15, 0.2) is 47.4 Å². The number of halogens is 2. The van der Waals surface area contributed by atoms with Crippen LogP contribution >= 0.6 is 11.8 Å². The summed E-state index contributed by atoms with van der Waals surface area (Å²) in [5.74, 6) is 5.28. The molecule has 0 saturated heterocycles. The third-order valence-corrected chi connectivity index (χ3v) is 3.84. The van der Waals surface area contributed by atoms with Gasteiger partial charge >= 0.3 is 0 Å². The van der Waals surface area contributed by atoms with Crippen LogP contribution < -0.4 is 0 Å². The molecule has 1 nitrogen and oxygen atoms in total. The molecule has 0 bridgehead atoms. The van der Waals surface area contributed by atoms with Crippen molar-refractivity contribution in [1.82, 2.24) is 0 Å². The van der Waals surface area contributed by atoms with Gasteiger partial charge in [-0.2, -0.15) is 0 Å². The number of aliphatic hydroxyl groups is 1. The van der Waals surface area contributed by atoms with E-state index in [-0.39, 0.29) is 18.2 Å². The molecule has 1 N–H and O–H groups in total. The first-order chi connectivity index (χ1) is 10.2. The van der Waals surface area contributed by atoms with Crippen molar-refractivity contribution in [2.24, 2.45) is 0 Å². The van der Waals surface area contributed by atoms with Gasteiger partial charge in [-0.1, -0.05) is 30.0 Å². The molecule has 0 unspecified atom stereocenters. The quantitative estimate of drug-likeness (QED) is 0.681. The minimum atomic E-state index is -0.389. The van der Waals surface area contributed by atoms with Gasteiger partial charge in [-0.3, -0.25) is 0 Å². The summed E-state index contributed by atoms with van der Waals surface area (Å²) >= 11 is 1.36. The second kappa shape index (κ2) is 7.82. The van der Waals surface area contributed by atoms with E-state index in [1.165, 1.54) is 23.9 Å². The van der Waals surface area contributed by atoms with Crippen molar-refractivity contribution in [3.63, 3.8) is 0 Å². The normalized spacial score (nSPS) is 10.0. The van der Waals surface area contributed by atoms with Gasteiger partial charge in [0, 0.05) is 17.1 Å². The third kappa shape index (κ3) is 4.59. The van der Waals surface area contributed by atoms with Crippen molar-refractivity contribution in [2.75, 3.05) is 6.61 Å². The molecule has 2 rings (SSSR count). The highest BCUT2D eigenvalue weighted by Gasteiger charge is 2.04. The molecule has 0 aliphatic carbocycles. The van der Waals surface area contributed by atoms with Gasteiger partial charge in [0.05, 0.1) is 12.2 Å². The van der Waals surface area contributed by atoms with Crippen LogP contribution in [0.5, 0.6) is 0 Å². The van der Waals surface area contributed by atoms with Gasteiger partial charge in [-0.05, 0) is 29.8 Å². The Kier molecular flexibility index (Phi) is 5.79. The molecule has 0 heterocycles. The van der Waals surface area contributed by atoms with Crippen molar-refractivity contribution in [3.8, 4) is 11.8 Å². The first kappa shape index (κ1) is 15.6. The summed E-state index contributed by atoms with van der Waals surface area (Å²) in [5, 5.41) is 8.67. The molecule has 0 fully saturated rings. The molecule has 0 aliphatic rings. The predicted octanol–water partition coefficient (Wildman–Crippen LogP) is 3.99. The molecular formula is C17H14F2OS. The van der Waals surface area contributed by atoms with Gasteiger partial charge in [-0.15, -0.1) is 11.8 Å². The van der Waals surface area contributed by atoms with Crippen LogP contribution in [0.25, 0.3) is 0 Å². The van der Waals surface area contributed by atoms with Gasteiger partial charge < -0.3 is 5.11 Å². The third-order valence-electron chi connectivity index (χ3n) is 2.72. The molecule has 0 atom stereocenters. The lowest BCUT2D eigenvalue weighted by molar-refractivity contribution is 0.305. The van der Waals surface area contributed by atoms with Crippen LogP contribution in [-0.2, 0) is 5.75 Å². The van der Waals surface area contributed by atoms with Crippen molar-refractivity contribution in [2.45, 2.75) is 17.1 Å². The van der Waals surface area contributed by atoms with Gasteiger partial charge in [0.25, 0.3) is 0 Å². The van der Waals surface area contributed by atoms with Gasteiger partial charge in [-0.25, -0.2) is 8.78 Å². The average Bonchev–Trinajstić information content (AvgIpc) is 2.49. The predicted molar refractivity (Wildman–Crippen MR) is 80.9 cm³/mol. The first-order valence-electron chi connectivity index (χ1n) is 6.46. The number of rotatable bonds is 4. The molecule has 108 valence electrons. The molecule has 0 aliphatic heterocycles. The molecule has 21 heavy (non-hydrogen) atoms. The summed E-state index contributed by atoms with van der Waals surface area (Å²) < 4.78 is 27.1. The first-order valence-corrected chi connectivity index (χ1v) is 7.45. The Labute approximate surface area is 127 Å². The minimum absolute atomic E-state index is 0.0442. The van der Waals surface area contributed by atoms with E-state index in [1.807, 2.05) is 0 Å². The monoisotopic (exact) mass is 304 g/mol. The zero-order valence-corrected chi connectivity index (χ0v) is 12.1. The van der Waals surface area contributed by atoms with E-state index in [1.54, 1.807) is 30.3 Å². The van der Waals surface area contributed by atoms with Gasteiger partial charge in [0.15, 0.2) is 0 Å². The summed E-state index contributed by atoms with van der Waals surface area (Å²) in [6, 6.07) is 11.2. The van der Waals surface area contributed by atoms with E-state index in [2.05, 4.69) is 11.8 Å². The van der Waals surface area contributed by atoms with Crippen LogP contribution in [0, 0.1) is 23.5 Å². The Hall–Kier alpha value is -1.83. The smallest absolute Gasteiger partial charge is 0.138 e. The van der Waals surface area contributed by atoms with Crippen LogP contribution in [0.1, 0.15) is 17.5 Å². The van der Waals surface area contributed by atoms with Gasteiger partial charge in [0.2, 0.25) is 0 Å². The second-order valence-electron chi connectivity index (χ2n) is 4.31. The molecule has 0 spiro atoms. The Morgan fingerprint density at radius 1 is 1.05 bits per heavy atom. The van der Waals surface area contributed by atoms with Crippen molar-refractivity contribution >= 4 is 11.8 Å². The number of hydrogen-bond acceptors (Lipinski definition) is 2. The standard InChI is InChI=1S/C17H14F2OS/c18-15-9-8-13(11-14(15)5-3-4-10-20)12-21-17-7-2-1-6-16(17)19/h1-2,6-9,11,20H,4,10,12H2. The Balaban J connectivity index is 2.09. The summed E-state index contributed by atoms with van der Waals surface area (Å²) in [5.41, 5.74) is 1.17. The SMILES string of the molecule is OCCC#Cc1cc(CSc2ccccc2F)ccc1F. The average molecular weight is 304 g/mol. The fourth-order valence-electron chi connectivity index (χ4n) is 1.69. The second-order valence-corrected chi connectivity index (χ2v) is 5.33. The Bertz CT molecular complexity index is 674. The topological polar surface area (TPSA) is 20.2 Å². The molecule has 0 amide bonds. The van der Waals surface area contributed by atoms with Crippen LogP contribution in [-0.4, -0.2) is 11.7 Å². The Morgan fingerprint density at radius 3 is 2.62 bits per heavy atom. The summed E-state index contributed by atoms with van der Waals surface area (Å²) in [6.07, 6.45) is 0.313. The highest BCUT2D eigenvalue weighted by molar-refractivity contribution is 7.98. The molecular weight excluding hydrogens is 290 g/mol. The van der Waals surface area contributed by atoms with E-state index in [9.17, 15) is 8.78 Å². The van der Waals surface area contributed by atoms with Gasteiger partial charge in [0.1, 0.15) is 11.6 Å². The van der Waals surface area contributed by atoms with Crippen molar-refractivity contribution < 1.29 is 13.9 Å². The number of benzene rings is 2. The van der Waals surface area contributed by atoms with E-state index in [0.717, 1.165) is 5.56 Å². The van der Waals surface area contributed by atoms with E-state index in [0.29, 0.717) is 22.6 Å². The minimum Gasteiger partial charge on any atom is -0.395 e. The van der Waals surface area contributed by atoms with E-state index < -0.39 is 0 Å². The summed E-state index contributed by atoms with van der Waals surface area (Å²) in [7, 11) is 0.